The Labute approximate surface area is 114 Å². The van der Waals surface area contributed by atoms with E-state index in [0.717, 1.165) is 24.1 Å². The van der Waals surface area contributed by atoms with Gasteiger partial charge < -0.3 is 5.73 Å². The molecule has 0 aliphatic carbocycles. The molecule has 1 aromatic rings. The van der Waals surface area contributed by atoms with Gasteiger partial charge in [0.2, 0.25) is 10.0 Å². The summed E-state index contributed by atoms with van der Waals surface area (Å²) in [6.07, 6.45) is 3.15. The van der Waals surface area contributed by atoms with Crippen LogP contribution in [0.1, 0.15) is 43.5 Å². The predicted octanol–water partition coefficient (Wildman–Crippen LogP) is 2.25. The van der Waals surface area contributed by atoms with Crippen LogP contribution in [0.4, 0.5) is 0 Å². The van der Waals surface area contributed by atoms with E-state index in [1.54, 1.807) is 11.3 Å². The van der Waals surface area contributed by atoms with Crippen molar-refractivity contribution in [3.63, 3.8) is 0 Å². The van der Waals surface area contributed by atoms with Crippen LogP contribution in [-0.2, 0) is 10.0 Å². The van der Waals surface area contributed by atoms with Crippen molar-refractivity contribution in [3.05, 3.63) is 22.4 Å². The third-order valence-electron chi connectivity index (χ3n) is 2.65. The summed E-state index contributed by atoms with van der Waals surface area (Å²) in [6.45, 7) is 2.60. The number of sulfonamides is 1. The van der Waals surface area contributed by atoms with Crippen molar-refractivity contribution in [1.29, 1.82) is 0 Å². The van der Waals surface area contributed by atoms with Gasteiger partial charge in [0.25, 0.3) is 0 Å². The standard InChI is InChI=1S/C12H22N2O2S2/c1-2-6-11(12-7-5-9-17-12)14-18(15,16)10-4-3-8-13/h5,7,9,11,14H,2-4,6,8,10,13H2,1H3. The molecule has 0 bridgehead atoms. The molecule has 1 heterocycles. The Balaban J connectivity index is 2.60. The third-order valence-corrected chi connectivity index (χ3v) is 5.11. The van der Waals surface area contributed by atoms with E-state index in [9.17, 15) is 8.42 Å². The van der Waals surface area contributed by atoms with Gasteiger partial charge in [-0.3, -0.25) is 0 Å². The number of unbranched alkanes of at least 4 members (excludes halogenated alkanes) is 1. The van der Waals surface area contributed by atoms with Crippen molar-refractivity contribution < 1.29 is 8.42 Å². The van der Waals surface area contributed by atoms with Crippen LogP contribution in [0.25, 0.3) is 0 Å². The highest BCUT2D eigenvalue weighted by Crippen LogP contribution is 2.24. The fourth-order valence-corrected chi connectivity index (χ4v) is 4.02. The van der Waals surface area contributed by atoms with E-state index in [1.165, 1.54) is 0 Å². The maximum absolute atomic E-state index is 11.9. The zero-order valence-electron chi connectivity index (χ0n) is 10.8. The zero-order valence-corrected chi connectivity index (χ0v) is 12.4. The molecule has 0 aromatic carbocycles. The SMILES string of the molecule is CCCC(NS(=O)(=O)CCCCN)c1cccs1. The van der Waals surface area contributed by atoms with Gasteiger partial charge in [0, 0.05) is 4.88 Å². The first-order valence-electron chi connectivity index (χ1n) is 6.32. The number of nitrogens with two attached hydrogens (primary N) is 1. The molecule has 0 fully saturated rings. The van der Waals surface area contributed by atoms with Gasteiger partial charge in [-0.1, -0.05) is 19.4 Å². The number of rotatable bonds is 9. The van der Waals surface area contributed by atoms with Crippen LogP contribution in [0.5, 0.6) is 0 Å². The number of hydrogen-bond donors (Lipinski definition) is 2. The molecule has 1 aromatic heterocycles. The molecule has 0 radical (unpaired) electrons. The molecule has 0 saturated heterocycles. The van der Waals surface area contributed by atoms with Crippen LogP contribution in [0.2, 0.25) is 0 Å². The van der Waals surface area contributed by atoms with Crippen molar-refractivity contribution in [2.24, 2.45) is 5.73 Å². The second-order valence-electron chi connectivity index (χ2n) is 4.29. The fourth-order valence-electron chi connectivity index (χ4n) is 1.75. The number of thiophene rings is 1. The maximum atomic E-state index is 11.9. The highest BCUT2D eigenvalue weighted by Gasteiger charge is 2.19. The minimum Gasteiger partial charge on any atom is -0.330 e. The van der Waals surface area contributed by atoms with Gasteiger partial charge in [-0.25, -0.2) is 13.1 Å². The summed E-state index contributed by atoms with van der Waals surface area (Å²) in [5, 5.41) is 1.97. The van der Waals surface area contributed by atoms with Crippen molar-refractivity contribution in [2.75, 3.05) is 12.3 Å². The van der Waals surface area contributed by atoms with E-state index in [-0.39, 0.29) is 11.8 Å². The minimum atomic E-state index is -3.20. The summed E-state index contributed by atoms with van der Waals surface area (Å²) in [6, 6.07) is 3.84. The summed E-state index contributed by atoms with van der Waals surface area (Å²) in [4.78, 5) is 1.08. The van der Waals surface area contributed by atoms with Crippen molar-refractivity contribution in [3.8, 4) is 0 Å². The first-order chi connectivity index (χ1) is 8.59. The number of nitrogens with one attached hydrogen (secondary N) is 1. The van der Waals surface area contributed by atoms with Gasteiger partial charge in [-0.2, -0.15) is 0 Å². The molecular weight excluding hydrogens is 268 g/mol. The van der Waals surface area contributed by atoms with Gasteiger partial charge >= 0.3 is 0 Å². The summed E-state index contributed by atoms with van der Waals surface area (Å²) in [7, 11) is -3.20. The van der Waals surface area contributed by atoms with Crippen molar-refractivity contribution in [2.45, 2.75) is 38.6 Å². The van der Waals surface area contributed by atoms with E-state index in [1.807, 2.05) is 17.5 Å². The van der Waals surface area contributed by atoms with E-state index < -0.39 is 10.0 Å². The van der Waals surface area contributed by atoms with Crippen LogP contribution in [-0.4, -0.2) is 20.7 Å². The lowest BCUT2D eigenvalue weighted by Crippen LogP contribution is -2.30. The molecule has 4 nitrogen and oxygen atoms in total. The highest BCUT2D eigenvalue weighted by molar-refractivity contribution is 7.89. The third kappa shape index (κ3) is 5.48. The largest absolute Gasteiger partial charge is 0.330 e. The van der Waals surface area contributed by atoms with E-state index in [0.29, 0.717) is 13.0 Å². The smallest absolute Gasteiger partial charge is 0.212 e. The molecule has 1 atom stereocenters. The Morgan fingerprint density at radius 1 is 1.44 bits per heavy atom. The Morgan fingerprint density at radius 2 is 2.22 bits per heavy atom. The predicted molar refractivity (Wildman–Crippen MR) is 77.2 cm³/mol. The monoisotopic (exact) mass is 290 g/mol. The van der Waals surface area contributed by atoms with E-state index in [4.69, 9.17) is 5.73 Å². The zero-order chi connectivity index (χ0) is 13.4. The molecule has 104 valence electrons. The Morgan fingerprint density at radius 3 is 2.78 bits per heavy atom. The first-order valence-corrected chi connectivity index (χ1v) is 8.85. The quantitative estimate of drug-likeness (QED) is 0.685. The fraction of sp³-hybridized carbons (Fsp3) is 0.667. The molecular formula is C12H22N2O2S2. The summed E-state index contributed by atoms with van der Waals surface area (Å²) in [5.41, 5.74) is 5.37. The van der Waals surface area contributed by atoms with Gasteiger partial charge in [0.1, 0.15) is 0 Å². The normalized spacial score (nSPS) is 13.7. The van der Waals surface area contributed by atoms with Crippen molar-refractivity contribution in [1.82, 2.24) is 4.72 Å². The minimum absolute atomic E-state index is 0.0853. The molecule has 3 N–H and O–H groups in total. The van der Waals surface area contributed by atoms with Gasteiger partial charge in [0.15, 0.2) is 0 Å². The molecule has 0 spiro atoms. The number of hydrogen-bond acceptors (Lipinski definition) is 4. The second-order valence-corrected chi connectivity index (χ2v) is 7.14. The topological polar surface area (TPSA) is 72.2 Å². The average molecular weight is 290 g/mol. The summed E-state index contributed by atoms with van der Waals surface area (Å²) >= 11 is 1.59. The molecule has 0 saturated carbocycles. The lowest BCUT2D eigenvalue weighted by Gasteiger charge is -2.16. The van der Waals surface area contributed by atoms with Gasteiger partial charge in [-0.15, -0.1) is 11.3 Å². The molecule has 18 heavy (non-hydrogen) atoms. The average Bonchev–Trinajstić information content (AvgIpc) is 2.81. The molecule has 6 heteroatoms. The Kier molecular flexibility index (Phi) is 6.85. The Hall–Kier alpha value is -0.430. The molecule has 1 unspecified atom stereocenters. The summed E-state index contributed by atoms with van der Waals surface area (Å²) < 4.78 is 26.7. The maximum Gasteiger partial charge on any atom is 0.212 e. The lowest BCUT2D eigenvalue weighted by atomic mass is 10.1. The molecule has 0 amide bonds. The Bertz CT molecular complexity index is 415. The molecule has 0 aliphatic heterocycles. The van der Waals surface area contributed by atoms with Gasteiger partial charge in [0.05, 0.1) is 11.8 Å². The summed E-state index contributed by atoms with van der Waals surface area (Å²) in [5.74, 6) is 0.162. The van der Waals surface area contributed by atoms with Gasteiger partial charge in [-0.05, 0) is 37.3 Å². The second kappa shape index (κ2) is 7.89. The van der Waals surface area contributed by atoms with Crippen LogP contribution < -0.4 is 10.5 Å². The van der Waals surface area contributed by atoms with E-state index in [2.05, 4.69) is 11.6 Å². The van der Waals surface area contributed by atoms with Crippen LogP contribution >= 0.6 is 11.3 Å². The van der Waals surface area contributed by atoms with E-state index >= 15 is 0 Å². The van der Waals surface area contributed by atoms with Crippen LogP contribution in [0.15, 0.2) is 17.5 Å². The first kappa shape index (κ1) is 15.6. The highest BCUT2D eigenvalue weighted by atomic mass is 32.2. The van der Waals surface area contributed by atoms with Crippen molar-refractivity contribution >= 4 is 21.4 Å². The lowest BCUT2D eigenvalue weighted by molar-refractivity contribution is 0.537. The molecule has 0 aliphatic rings. The van der Waals surface area contributed by atoms with Crippen LogP contribution in [0, 0.1) is 0 Å². The molecule has 1 rings (SSSR count). The van der Waals surface area contributed by atoms with Crippen LogP contribution in [0.3, 0.4) is 0 Å².